The Balaban J connectivity index is 2.49. The maximum atomic E-state index is 11.6. The molecule has 1 aliphatic rings. The van der Waals surface area contributed by atoms with Crippen molar-refractivity contribution in [2.45, 2.75) is 31.1 Å². The van der Waals surface area contributed by atoms with Gasteiger partial charge in [-0.2, -0.15) is 0 Å². The van der Waals surface area contributed by atoms with Crippen molar-refractivity contribution in [1.29, 1.82) is 0 Å². The first-order valence-corrected chi connectivity index (χ1v) is 6.25. The third kappa shape index (κ3) is 3.38. The summed E-state index contributed by atoms with van der Waals surface area (Å²) in [6.45, 7) is 4.41. The zero-order chi connectivity index (χ0) is 12.2. The van der Waals surface area contributed by atoms with Gasteiger partial charge < -0.3 is 15.2 Å². The van der Waals surface area contributed by atoms with Crippen LogP contribution >= 0.6 is 11.8 Å². The topological polar surface area (TPSA) is 75.6 Å². The summed E-state index contributed by atoms with van der Waals surface area (Å²) < 4.78 is 5.05. The highest BCUT2D eigenvalue weighted by molar-refractivity contribution is 8.00. The van der Waals surface area contributed by atoms with Crippen molar-refractivity contribution in [3.05, 3.63) is 0 Å². The molecule has 16 heavy (non-hydrogen) atoms. The van der Waals surface area contributed by atoms with Crippen molar-refractivity contribution in [1.82, 2.24) is 5.32 Å². The summed E-state index contributed by atoms with van der Waals surface area (Å²) in [6, 6.07) is 0. The minimum absolute atomic E-state index is 0.0560. The number of ether oxygens (including phenoxy) is 1. The molecule has 1 aliphatic heterocycles. The van der Waals surface area contributed by atoms with E-state index in [1.165, 1.54) is 11.8 Å². The molecule has 1 fully saturated rings. The van der Waals surface area contributed by atoms with Crippen LogP contribution in [0.25, 0.3) is 0 Å². The monoisotopic (exact) mass is 247 g/mol. The Morgan fingerprint density at radius 3 is 2.69 bits per heavy atom. The van der Waals surface area contributed by atoms with Gasteiger partial charge in [-0.25, -0.2) is 4.79 Å². The molecule has 92 valence electrons. The maximum absolute atomic E-state index is 11.6. The second-order valence-corrected chi connectivity index (χ2v) is 5.66. The second kappa shape index (κ2) is 5.54. The summed E-state index contributed by atoms with van der Waals surface area (Å²) >= 11 is 1.49. The lowest BCUT2D eigenvalue weighted by Gasteiger charge is -2.23. The Kier molecular flexibility index (Phi) is 4.61. The molecular formula is C10H17NO4S. The van der Waals surface area contributed by atoms with Gasteiger partial charge in [0.25, 0.3) is 0 Å². The Morgan fingerprint density at radius 2 is 2.25 bits per heavy atom. The van der Waals surface area contributed by atoms with Gasteiger partial charge in [-0.15, -0.1) is 11.8 Å². The van der Waals surface area contributed by atoms with Gasteiger partial charge >= 0.3 is 5.97 Å². The van der Waals surface area contributed by atoms with Crippen LogP contribution in [0.15, 0.2) is 0 Å². The van der Waals surface area contributed by atoms with E-state index in [9.17, 15) is 9.59 Å². The minimum atomic E-state index is -1.21. The smallest absolute Gasteiger partial charge is 0.331 e. The van der Waals surface area contributed by atoms with Gasteiger partial charge in [0.15, 0.2) is 5.54 Å². The van der Waals surface area contributed by atoms with Crippen molar-refractivity contribution >= 4 is 23.6 Å². The van der Waals surface area contributed by atoms with Crippen molar-refractivity contribution in [3.8, 4) is 0 Å². The molecular weight excluding hydrogens is 230 g/mol. The second-order valence-electron chi connectivity index (χ2n) is 4.10. The lowest BCUT2D eigenvalue weighted by atomic mass is 9.99. The third-order valence-corrected chi connectivity index (χ3v) is 3.45. The van der Waals surface area contributed by atoms with Gasteiger partial charge in [0.05, 0.1) is 12.4 Å². The number of carboxylic acid groups (broad SMARTS) is 1. The summed E-state index contributed by atoms with van der Waals surface area (Å²) in [5.41, 5.74) is -1.21. The van der Waals surface area contributed by atoms with Crippen LogP contribution in [0, 0.1) is 0 Å². The lowest BCUT2D eigenvalue weighted by molar-refractivity contribution is -0.147. The van der Waals surface area contributed by atoms with E-state index in [1.54, 1.807) is 0 Å². The first-order chi connectivity index (χ1) is 7.46. The largest absolute Gasteiger partial charge is 0.479 e. The van der Waals surface area contributed by atoms with Crippen LogP contribution in [-0.2, 0) is 14.3 Å². The molecule has 0 aromatic rings. The normalized spacial score (nSPS) is 24.7. The molecule has 0 spiro atoms. The number of hydrogen-bond acceptors (Lipinski definition) is 4. The zero-order valence-corrected chi connectivity index (χ0v) is 10.3. The summed E-state index contributed by atoms with van der Waals surface area (Å²) in [7, 11) is 0. The number of carbonyl (C=O) groups is 2. The van der Waals surface area contributed by atoms with Crippen LogP contribution in [0.4, 0.5) is 0 Å². The molecule has 1 heterocycles. The van der Waals surface area contributed by atoms with Gasteiger partial charge in [-0.1, -0.05) is 13.8 Å². The Hall–Kier alpha value is -0.750. The molecule has 1 unspecified atom stereocenters. The van der Waals surface area contributed by atoms with E-state index in [4.69, 9.17) is 9.84 Å². The Morgan fingerprint density at radius 1 is 1.56 bits per heavy atom. The molecule has 0 aromatic heterocycles. The first kappa shape index (κ1) is 13.3. The van der Waals surface area contributed by atoms with Crippen molar-refractivity contribution in [2.24, 2.45) is 0 Å². The molecule has 0 bridgehead atoms. The number of amides is 1. The third-order valence-electron chi connectivity index (χ3n) is 2.36. The van der Waals surface area contributed by atoms with Crippen LogP contribution in [-0.4, -0.2) is 46.7 Å². The van der Waals surface area contributed by atoms with Gasteiger partial charge in [0.2, 0.25) is 5.91 Å². The number of thioether (sulfide) groups is 1. The molecule has 0 aliphatic carbocycles. The highest BCUT2D eigenvalue weighted by Gasteiger charge is 2.43. The van der Waals surface area contributed by atoms with E-state index in [2.05, 4.69) is 5.32 Å². The van der Waals surface area contributed by atoms with Crippen molar-refractivity contribution in [2.75, 3.05) is 19.0 Å². The molecule has 0 aromatic carbocycles. The van der Waals surface area contributed by atoms with Crippen LogP contribution in [0.3, 0.4) is 0 Å². The standard InChI is InChI=1S/C10H17NO4S/c1-7(2)16-5-8(12)11-10(9(13)14)3-4-15-6-10/h7H,3-6H2,1-2H3,(H,11,12)(H,13,14). The van der Waals surface area contributed by atoms with E-state index >= 15 is 0 Å². The van der Waals surface area contributed by atoms with E-state index in [0.717, 1.165) is 0 Å². The number of carbonyl (C=O) groups excluding carboxylic acids is 1. The average molecular weight is 247 g/mol. The first-order valence-electron chi connectivity index (χ1n) is 5.20. The summed E-state index contributed by atoms with van der Waals surface area (Å²) in [4.78, 5) is 22.7. The highest BCUT2D eigenvalue weighted by atomic mass is 32.2. The van der Waals surface area contributed by atoms with E-state index in [-0.39, 0.29) is 18.3 Å². The van der Waals surface area contributed by atoms with Crippen LogP contribution < -0.4 is 5.32 Å². The van der Waals surface area contributed by atoms with Gasteiger partial charge in [0, 0.05) is 13.0 Å². The molecule has 2 N–H and O–H groups in total. The molecule has 1 atom stereocenters. The van der Waals surface area contributed by atoms with Gasteiger partial charge in [-0.05, 0) is 5.25 Å². The molecule has 6 heteroatoms. The molecule has 0 saturated carbocycles. The highest BCUT2D eigenvalue weighted by Crippen LogP contribution is 2.19. The van der Waals surface area contributed by atoms with Crippen LogP contribution in [0.2, 0.25) is 0 Å². The van der Waals surface area contributed by atoms with Gasteiger partial charge in [-0.3, -0.25) is 4.79 Å². The number of nitrogens with one attached hydrogen (secondary N) is 1. The molecule has 1 amide bonds. The summed E-state index contributed by atoms with van der Waals surface area (Å²) in [5, 5.41) is 12.0. The fourth-order valence-electron chi connectivity index (χ4n) is 1.43. The molecule has 5 nitrogen and oxygen atoms in total. The zero-order valence-electron chi connectivity index (χ0n) is 9.49. The molecule has 1 saturated heterocycles. The predicted molar refractivity (Wildman–Crippen MR) is 61.5 cm³/mol. The summed E-state index contributed by atoms with van der Waals surface area (Å²) in [6.07, 6.45) is 0.334. The minimum Gasteiger partial charge on any atom is -0.479 e. The average Bonchev–Trinajstić information content (AvgIpc) is 2.64. The predicted octanol–water partition coefficient (Wildman–Crippen LogP) is 0.488. The fraction of sp³-hybridized carbons (Fsp3) is 0.800. The molecule has 1 rings (SSSR count). The SMILES string of the molecule is CC(C)SCC(=O)NC1(C(=O)O)CCOC1. The summed E-state index contributed by atoms with van der Waals surface area (Å²) in [5.74, 6) is -0.980. The lowest BCUT2D eigenvalue weighted by Crippen LogP contribution is -2.55. The maximum Gasteiger partial charge on any atom is 0.331 e. The van der Waals surface area contributed by atoms with E-state index in [1.807, 2.05) is 13.8 Å². The van der Waals surface area contributed by atoms with Gasteiger partial charge in [0.1, 0.15) is 0 Å². The number of aliphatic carboxylic acids is 1. The fourth-order valence-corrected chi connectivity index (χ4v) is 1.99. The quantitative estimate of drug-likeness (QED) is 0.739. The van der Waals surface area contributed by atoms with E-state index in [0.29, 0.717) is 18.3 Å². The Bertz CT molecular complexity index is 274. The molecule has 0 radical (unpaired) electrons. The van der Waals surface area contributed by atoms with Crippen LogP contribution in [0.5, 0.6) is 0 Å². The Labute approximate surface area is 98.9 Å². The number of rotatable bonds is 5. The van der Waals surface area contributed by atoms with E-state index < -0.39 is 11.5 Å². The van der Waals surface area contributed by atoms with Crippen molar-refractivity contribution in [3.63, 3.8) is 0 Å². The number of hydrogen-bond donors (Lipinski definition) is 2. The van der Waals surface area contributed by atoms with Crippen LogP contribution in [0.1, 0.15) is 20.3 Å². The van der Waals surface area contributed by atoms with Crippen molar-refractivity contribution < 1.29 is 19.4 Å². The number of carboxylic acids is 1.